The third-order valence-corrected chi connectivity index (χ3v) is 3.51. The number of hydrogen-bond acceptors (Lipinski definition) is 3. The summed E-state index contributed by atoms with van der Waals surface area (Å²) in [6, 6.07) is 9.30. The third-order valence-electron chi connectivity index (χ3n) is 3.51. The number of rotatable bonds is 3. The fraction of sp³-hybridized carbons (Fsp3) is 0.467. The molecule has 0 atom stereocenters. The van der Waals surface area contributed by atoms with Crippen molar-refractivity contribution in [2.45, 2.75) is 44.2 Å². The quantitative estimate of drug-likeness (QED) is 0.863. The summed E-state index contributed by atoms with van der Waals surface area (Å²) >= 11 is 0. The van der Waals surface area contributed by atoms with Crippen molar-refractivity contribution in [3.8, 4) is 6.07 Å². The summed E-state index contributed by atoms with van der Waals surface area (Å²) in [6.45, 7) is 0. The van der Waals surface area contributed by atoms with Gasteiger partial charge in [0.25, 0.3) is 0 Å². The van der Waals surface area contributed by atoms with Gasteiger partial charge in [-0.05, 0) is 43.4 Å². The summed E-state index contributed by atoms with van der Waals surface area (Å²) in [7, 11) is 0. The second-order valence-electron chi connectivity index (χ2n) is 5.06. The van der Waals surface area contributed by atoms with Gasteiger partial charge in [0.15, 0.2) is 0 Å². The lowest BCUT2D eigenvalue weighted by Crippen LogP contribution is -2.39. The molecule has 100 valence electrons. The van der Waals surface area contributed by atoms with Gasteiger partial charge in [-0.3, -0.25) is 4.79 Å². The van der Waals surface area contributed by atoms with Gasteiger partial charge in [-0.1, -0.05) is 12.1 Å². The molecular formula is C15H18N2O2. The minimum absolute atomic E-state index is 0.00565. The second kappa shape index (κ2) is 6.35. The number of carbonyl (C=O) groups excluding carboxylic acids is 1. The largest absolute Gasteiger partial charge is 0.393 e. The SMILES string of the molecule is N#Cc1ccc(CC(=O)NC2CCC(O)CC2)cc1. The number of benzene rings is 1. The van der Waals surface area contributed by atoms with Crippen LogP contribution in [0.3, 0.4) is 0 Å². The van der Waals surface area contributed by atoms with E-state index < -0.39 is 0 Å². The lowest BCUT2D eigenvalue weighted by molar-refractivity contribution is -0.121. The first-order chi connectivity index (χ1) is 9.17. The maximum Gasteiger partial charge on any atom is 0.224 e. The van der Waals surface area contributed by atoms with Crippen molar-refractivity contribution in [2.24, 2.45) is 0 Å². The van der Waals surface area contributed by atoms with E-state index in [4.69, 9.17) is 5.26 Å². The Morgan fingerprint density at radius 1 is 1.26 bits per heavy atom. The van der Waals surface area contributed by atoms with Gasteiger partial charge in [0, 0.05) is 6.04 Å². The number of nitrogens with zero attached hydrogens (tertiary/aromatic N) is 1. The Balaban J connectivity index is 1.82. The molecule has 2 N–H and O–H groups in total. The van der Waals surface area contributed by atoms with Gasteiger partial charge in [-0.15, -0.1) is 0 Å². The van der Waals surface area contributed by atoms with Crippen molar-refractivity contribution in [1.82, 2.24) is 5.32 Å². The van der Waals surface area contributed by atoms with Crippen LogP contribution in [0.2, 0.25) is 0 Å². The molecule has 4 heteroatoms. The molecule has 2 rings (SSSR count). The predicted molar refractivity (Wildman–Crippen MR) is 71.3 cm³/mol. The Morgan fingerprint density at radius 3 is 2.47 bits per heavy atom. The molecule has 0 aromatic heterocycles. The fourth-order valence-electron chi connectivity index (χ4n) is 2.38. The van der Waals surface area contributed by atoms with Crippen molar-refractivity contribution >= 4 is 5.91 Å². The monoisotopic (exact) mass is 258 g/mol. The minimum Gasteiger partial charge on any atom is -0.393 e. The molecule has 1 aliphatic carbocycles. The van der Waals surface area contributed by atoms with Gasteiger partial charge in [0.2, 0.25) is 5.91 Å². The van der Waals surface area contributed by atoms with E-state index in [1.54, 1.807) is 12.1 Å². The second-order valence-corrected chi connectivity index (χ2v) is 5.06. The van der Waals surface area contributed by atoms with Crippen molar-refractivity contribution in [2.75, 3.05) is 0 Å². The molecule has 0 unspecified atom stereocenters. The lowest BCUT2D eigenvalue weighted by Gasteiger charge is -2.26. The summed E-state index contributed by atoms with van der Waals surface area (Å²) in [4.78, 5) is 11.9. The van der Waals surface area contributed by atoms with Crippen LogP contribution in [0.15, 0.2) is 24.3 Å². The molecule has 0 saturated heterocycles. The topological polar surface area (TPSA) is 73.1 Å². The average molecular weight is 258 g/mol. The zero-order valence-corrected chi connectivity index (χ0v) is 10.8. The van der Waals surface area contributed by atoms with Gasteiger partial charge < -0.3 is 10.4 Å². The Labute approximate surface area is 113 Å². The van der Waals surface area contributed by atoms with Crippen LogP contribution in [0.4, 0.5) is 0 Å². The van der Waals surface area contributed by atoms with Crippen molar-refractivity contribution in [3.05, 3.63) is 35.4 Å². The van der Waals surface area contributed by atoms with Crippen molar-refractivity contribution in [1.29, 1.82) is 5.26 Å². The number of nitrogens with one attached hydrogen (secondary N) is 1. The number of aliphatic hydroxyl groups is 1. The minimum atomic E-state index is -0.202. The zero-order valence-electron chi connectivity index (χ0n) is 10.8. The van der Waals surface area contributed by atoms with Crippen LogP contribution in [-0.2, 0) is 11.2 Å². The lowest BCUT2D eigenvalue weighted by atomic mass is 9.93. The Morgan fingerprint density at radius 2 is 1.89 bits per heavy atom. The normalized spacial score (nSPS) is 22.5. The highest BCUT2D eigenvalue weighted by molar-refractivity contribution is 5.78. The van der Waals surface area contributed by atoms with Gasteiger partial charge >= 0.3 is 0 Å². The van der Waals surface area contributed by atoms with Crippen LogP contribution >= 0.6 is 0 Å². The van der Waals surface area contributed by atoms with E-state index in [1.165, 1.54) is 0 Å². The van der Waals surface area contributed by atoms with Gasteiger partial charge in [-0.25, -0.2) is 0 Å². The molecule has 0 bridgehead atoms. The highest BCUT2D eigenvalue weighted by Gasteiger charge is 2.20. The van der Waals surface area contributed by atoms with E-state index in [0.29, 0.717) is 12.0 Å². The molecular weight excluding hydrogens is 240 g/mol. The molecule has 1 saturated carbocycles. The van der Waals surface area contributed by atoms with Crippen LogP contribution in [0.5, 0.6) is 0 Å². The molecule has 0 radical (unpaired) electrons. The van der Waals surface area contributed by atoms with E-state index in [-0.39, 0.29) is 18.1 Å². The number of nitriles is 1. The molecule has 0 aliphatic heterocycles. The molecule has 1 aromatic carbocycles. The highest BCUT2D eigenvalue weighted by atomic mass is 16.3. The smallest absolute Gasteiger partial charge is 0.224 e. The van der Waals surface area contributed by atoms with Crippen LogP contribution in [-0.4, -0.2) is 23.2 Å². The molecule has 0 heterocycles. The summed E-state index contributed by atoms with van der Waals surface area (Å²) in [5.74, 6) is 0.00565. The first kappa shape index (κ1) is 13.6. The summed E-state index contributed by atoms with van der Waals surface area (Å²) in [6.07, 6.45) is 3.36. The van der Waals surface area contributed by atoms with E-state index in [9.17, 15) is 9.90 Å². The van der Waals surface area contributed by atoms with E-state index in [2.05, 4.69) is 11.4 Å². The Hall–Kier alpha value is -1.86. The molecule has 1 aliphatic rings. The Bertz CT molecular complexity index is 468. The number of hydrogen-bond donors (Lipinski definition) is 2. The predicted octanol–water partition coefficient (Wildman–Crippen LogP) is 1.52. The maximum absolute atomic E-state index is 11.9. The summed E-state index contributed by atoms with van der Waals surface area (Å²) in [5.41, 5.74) is 1.51. The van der Waals surface area contributed by atoms with Crippen LogP contribution in [0, 0.1) is 11.3 Å². The van der Waals surface area contributed by atoms with Crippen LogP contribution < -0.4 is 5.32 Å². The highest BCUT2D eigenvalue weighted by Crippen LogP contribution is 2.18. The standard InChI is InChI=1S/C15H18N2O2/c16-10-12-3-1-11(2-4-12)9-15(19)17-13-5-7-14(18)8-6-13/h1-4,13-14,18H,5-9H2,(H,17,19). The molecule has 19 heavy (non-hydrogen) atoms. The van der Waals surface area contributed by atoms with Gasteiger partial charge in [0.1, 0.15) is 0 Å². The van der Waals surface area contributed by atoms with E-state index in [1.807, 2.05) is 12.1 Å². The van der Waals surface area contributed by atoms with E-state index >= 15 is 0 Å². The molecule has 4 nitrogen and oxygen atoms in total. The number of amides is 1. The molecule has 1 aromatic rings. The first-order valence-corrected chi connectivity index (χ1v) is 6.64. The van der Waals surface area contributed by atoms with E-state index in [0.717, 1.165) is 31.2 Å². The summed E-state index contributed by atoms with van der Waals surface area (Å²) in [5, 5.41) is 21.1. The third kappa shape index (κ3) is 4.08. The number of carbonyl (C=O) groups is 1. The molecule has 1 fully saturated rings. The number of aliphatic hydroxyl groups excluding tert-OH is 1. The van der Waals surface area contributed by atoms with Crippen molar-refractivity contribution in [3.63, 3.8) is 0 Å². The van der Waals surface area contributed by atoms with Crippen molar-refractivity contribution < 1.29 is 9.90 Å². The van der Waals surface area contributed by atoms with Crippen LogP contribution in [0.1, 0.15) is 36.8 Å². The Kier molecular flexibility index (Phi) is 4.53. The molecule has 1 amide bonds. The fourth-order valence-corrected chi connectivity index (χ4v) is 2.38. The summed E-state index contributed by atoms with van der Waals surface area (Å²) < 4.78 is 0. The van der Waals surface area contributed by atoms with Crippen LogP contribution in [0.25, 0.3) is 0 Å². The average Bonchev–Trinajstić information content (AvgIpc) is 2.42. The molecule has 0 spiro atoms. The maximum atomic E-state index is 11.9. The van der Waals surface area contributed by atoms with Gasteiger partial charge in [0.05, 0.1) is 24.2 Å². The zero-order chi connectivity index (χ0) is 13.7. The van der Waals surface area contributed by atoms with Gasteiger partial charge in [-0.2, -0.15) is 5.26 Å². The first-order valence-electron chi connectivity index (χ1n) is 6.64.